The topological polar surface area (TPSA) is 267 Å². The molecule has 0 spiro atoms. The molecule has 4 rings (SSSR count). The molecule has 210 valence electrons. The predicted octanol–water partition coefficient (Wildman–Crippen LogP) is 0.732. The number of aromatic nitrogens is 4. The lowest BCUT2D eigenvalue weighted by molar-refractivity contribution is -0.384. The minimum absolute atomic E-state index is 0.0723. The first-order valence-corrected chi connectivity index (χ1v) is 13.6. The second-order valence-electron chi connectivity index (χ2n) is 7.61. The molecule has 0 amide bonds. The fourth-order valence-electron chi connectivity index (χ4n) is 3.17. The third kappa shape index (κ3) is 6.84. The number of rotatable bonds is 12. The van der Waals surface area contributed by atoms with Crippen molar-refractivity contribution in [3.63, 3.8) is 0 Å². The number of nitrogens with two attached hydrogens (primary N) is 1. The lowest BCUT2D eigenvalue weighted by atomic mass is 10.1. The van der Waals surface area contributed by atoms with Gasteiger partial charge in [0, 0.05) is 6.20 Å². The maximum atomic E-state index is 13.4. The van der Waals surface area contributed by atoms with Crippen molar-refractivity contribution < 1.29 is 42.9 Å². The van der Waals surface area contributed by atoms with Gasteiger partial charge >= 0.3 is 23.8 Å². The largest absolute Gasteiger partial charge is 0.475 e. The van der Waals surface area contributed by atoms with Gasteiger partial charge in [-0.3, -0.25) is 18.1 Å². The zero-order chi connectivity index (χ0) is 28.3. The van der Waals surface area contributed by atoms with E-state index in [1.165, 1.54) is 12.3 Å². The van der Waals surface area contributed by atoms with Crippen LogP contribution in [0, 0.1) is 20.2 Å². The molecule has 1 unspecified atom stereocenters. The van der Waals surface area contributed by atoms with E-state index in [4.69, 9.17) is 24.0 Å². The number of anilines is 1. The molecule has 3 aromatic rings. The molecular weight excluding hydrogens is 589 g/mol. The summed E-state index contributed by atoms with van der Waals surface area (Å²) in [4.78, 5) is 43.5. The van der Waals surface area contributed by atoms with Gasteiger partial charge in [-0.25, -0.2) is 9.36 Å². The molecule has 4 atom stereocenters. The number of hydrogen-bond acceptors (Lipinski definition) is 18. The molecule has 19 nitrogen and oxygen atoms in total. The van der Waals surface area contributed by atoms with E-state index < -0.39 is 78.0 Å². The maximum absolute atomic E-state index is 13.4. The van der Waals surface area contributed by atoms with Gasteiger partial charge in [0.25, 0.3) is 0 Å². The molecule has 0 aliphatic carbocycles. The SMILES string of the molecule is Nc1ccn([C@@H]2O[C@H](COP(=O)(OCc3cnc([N+](=O)[O-])s3)OCc3cnc([N+](=O)[O-])s3)[C@@H](O)C2O)c(=O)n1. The number of nitro groups is 2. The van der Waals surface area contributed by atoms with Crippen molar-refractivity contribution >= 4 is 46.6 Å². The highest BCUT2D eigenvalue weighted by atomic mass is 32.1. The molecule has 0 saturated carbocycles. The Morgan fingerprint density at radius 3 is 2.10 bits per heavy atom. The van der Waals surface area contributed by atoms with Crippen LogP contribution >= 0.6 is 30.5 Å². The van der Waals surface area contributed by atoms with E-state index in [1.54, 1.807) is 0 Å². The fourth-order valence-corrected chi connectivity index (χ4v) is 5.77. The summed E-state index contributed by atoms with van der Waals surface area (Å²) in [5.74, 6) is -0.0723. The maximum Gasteiger partial charge on any atom is 0.475 e. The van der Waals surface area contributed by atoms with Crippen LogP contribution in [0.2, 0.25) is 0 Å². The van der Waals surface area contributed by atoms with Crippen LogP contribution in [0.1, 0.15) is 16.0 Å². The summed E-state index contributed by atoms with van der Waals surface area (Å²) in [7, 11) is -4.54. The minimum Gasteiger partial charge on any atom is -0.387 e. The standard InChI is InChI=1S/C17H18N7O12PS2/c18-11-1-2-22(15(27)21-11)14-13(26)12(25)10(36-14)7-35-37(32,33-5-8-3-19-16(38-8)23(28)29)34-6-9-4-20-17(39-9)24(30)31/h1-4,10,12-14,25-26H,5-7H2,(H2,18,21,27)/t10-,12-,13?,14-/m1/s1. The Kier molecular flexibility index (Phi) is 8.73. The van der Waals surface area contributed by atoms with Gasteiger partial charge in [0.2, 0.25) is 0 Å². The summed E-state index contributed by atoms with van der Waals surface area (Å²) in [6.45, 7) is -1.65. The van der Waals surface area contributed by atoms with Crippen LogP contribution in [0.3, 0.4) is 0 Å². The number of aliphatic hydroxyl groups excluding tert-OH is 2. The number of thiazole rings is 2. The van der Waals surface area contributed by atoms with E-state index in [-0.39, 0.29) is 15.6 Å². The number of nitrogen functional groups attached to an aromatic ring is 1. The monoisotopic (exact) mass is 607 g/mol. The van der Waals surface area contributed by atoms with E-state index >= 15 is 0 Å². The van der Waals surface area contributed by atoms with Gasteiger partial charge in [0.1, 0.15) is 24.1 Å². The summed E-state index contributed by atoms with van der Waals surface area (Å²) >= 11 is 1.30. The summed E-state index contributed by atoms with van der Waals surface area (Å²) in [5, 5.41) is 41.7. The highest BCUT2D eigenvalue weighted by Crippen LogP contribution is 2.52. The molecule has 3 aromatic heterocycles. The molecule has 1 aliphatic heterocycles. The van der Waals surface area contributed by atoms with Crippen molar-refractivity contribution in [1.82, 2.24) is 19.5 Å². The third-order valence-electron chi connectivity index (χ3n) is 4.98. The van der Waals surface area contributed by atoms with Crippen LogP contribution in [-0.4, -0.2) is 64.5 Å². The Morgan fingerprint density at radius 2 is 1.62 bits per heavy atom. The van der Waals surface area contributed by atoms with Crippen LogP contribution in [0.4, 0.5) is 16.1 Å². The van der Waals surface area contributed by atoms with Crippen molar-refractivity contribution in [3.8, 4) is 0 Å². The minimum atomic E-state index is -4.54. The zero-order valence-electron chi connectivity index (χ0n) is 19.2. The van der Waals surface area contributed by atoms with E-state index in [0.717, 1.165) is 17.0 Å². The van der Waals surface area contributed by atoms with Gasteiger partial charge in [-0.1, -0.05) is 0 Å². The summed E-state index contributed by atoms with van der Waals surface area (Å²) in [6, 6.07) is 1.27. The van der Waals surface area contributed by atoms with Crippen molar-refractivity contribution in [2.45, 2.75) is 37.8 Å². The Hall–Kier alpha value is -3.27. The normalized spacial score (nSPS) is 21.3. The van der Waals surface area contributed by atoms with E-state index in [1.807, 2.05) is 0 Å². The fraction of sp³-hybridized carbons (Fsp3) is 0.412. The lowest BCUT2D eigenvalue weighted by Crippen LogP contribution is -2.36. The smallest absolute Gasteiger partial charge is 0.387 e. The molecule has 0 radical (unpaired) electrons. The van der Waals surface area contributed by atoms with Gasteiger partial charge in [-0.15, -0.1) is 0 Å². The predicted molar refractivity (Wildman–Crippen MR) is 130 cm³/mol. The molecule has 4 heterocycles. The van der Waals surface area contributed by atoms with Gasteiger partial charge < -0.3 is 40.9 Å². The molecule has 1 saturated heterocycles. The summed E-state index contributed by atoms with van der Waals surface area (Å²) < 4.78 is 35.7. The highest BCUT2D eigenvalue weighted by molar-refractivity contribution is 7.48. The molecule has 1 fully saturated rings. The first-order valence-electron chi connectivity index (χ1n) is 10.5. The van der Waals surface area contributed by atoms with Crippen LogP contribution in [0.5, 0.6) is 0 Å². The average molecular weight is 607 g/mol. The number of phosphoric ester groups is 1. The number of hydrogen-bond donors (Lipinski definition) is 3. The second kappa shape index (κ2) is 11.9. The second-order valence-corrected chi connectivity index (χ2v) is 11.5. The van der Waals surface area contributed by atoms with Gasteiger partial charge in [-0.05, 0) is 48.6 Å². The van der Waals surface area contributed by atoms with Gasteiger partial charge in [0.05, 0.1) is 29.6 Å². The average Bonchev–Trinajstić information content (AvgIpc) is 3.62. The molecule has 22 heteroatoms. The Balaban J connectivity index is 1.46. The lowest BCUT2D eigenvalue weighted by Gasteiger charge is -2.20. The molecule has 0 aromatic carbocycles. The van der Waals surface area contributed by atoms with Crippen molar-refractivity contribution in [1.29, 1.82) is 0 Å². The quantitative estimate of drug-likeness (QED) is 0.145. The summed E-state index contributed by atoms with van der Waals surface area (Å²) in [6.07, 6.45) is -2.48. The number of ether oxygens (including phenoxy) is 1. The first kappa shape index (κ1) is 28.7. The molecular formula is C17H18N7O12PS2. The van der Waals surface area contributed by atoms with Crippen molar-refractivity contribution in [2.24, 2.45) is 0 Å². The number of phosphoric acid groups is 1. The molecule has 0 bridgehead atoms. The van der Waals surface area contributed by atoms with Gasteiger partial charge in [0.15, 0.2) is 18.6 Å². The Morgan fingerprint density at radius 1 is 1.05 bits per heavy atom. The summed E-state index contributed by atoms with van der Waals surface area (Å²) in [5.41, 5.74) is 4.60. The highest BCUT2D eigenvalue weighted by Gasteiger charge is 2.45. The number of nitrogens with zero attached hydrogens (tertiary/aromatic N) is 6. The van der Waals surface area contributed by atoms with Crippen molar-refractivity contribution in [3.05, 3.63) is 65.1 Å². The van der Waals surface area contributed by atoms with Crippen LogP contribution in [-0.2, 0) is 36.1 Å². The Bertz CT molecular complexity index is 1400. The van der Waals surface area contributed by atoms with Gasteiger partial charge in [-0.2, -0.15) is 4.98 Å². The van der Waals surface area contributed by atoms with Crippen molar-refractivity contribution in [2.75, 3.05) is 12.3 Å². The van der Waals surface area contributed by atoms with Crippen LogP contribution < -0.4 is 11.4 Å². The first-order chi connectivity index (χ1) is 18.5. The van der Waals surface area contributed by atoms with E-state index in [9.17, 15) is 39.8 Å². The molecule has 39 heavy (non-hydrogen) atoms. The zero-order valence-corrected chi connectivity index (χ0v) is 21.8. The molecule has 4 N–H and O–H groups in total. The molecule has 1 aliphatic rings. The van der Waals surface area contributed by atoms with Crippen LogP contribution in [0.25, 0.3) is 0 Å². The van der Waals surface area contributed by atoms with E-state index in [0.29, 0.717) is 22.7 Å². The number of aliphatic hydroxyl groups is 2. The Labute approximate surface area is 224 Å². The third-order valence-corrected chi connectivity index (χ3v) is 8.19. The van der Waals surface area contributed by atoms with Crippen LogP contribution in [0.15, 0.2) is 29.5 Å². The van der Waals surface area contributed by atoms with E-state index in [2.05, 4.69) is 15.0 Å².